The summed E-state index contributed by atoms with van der Waals surface area (Å²) in [5.74, 6) is 1.21. The van der Waals surface area contributed by atoms with Crippen LogP contribution in [0.15, 0.2) is 12.3 Å². The maximum atomic E-state index is 12.1. The van der Waals surface area contributed by atoms with Crippen molar-refractivity contribution in [1.29, 1.82) is 0 Å². The van der Waals surface area contributed by atoms with Gasteiger partial charge >= 0.3 is 5.97 Å². The van der Waals surface area contributed by atoms with E-state index >= 15 is 0 Å². The first-order valence-corrected chi connectivity index (χ1v) is 8.36. The van der Waals surface area contributed by atoms with Gasteiger partial charge in [-0.3, -0.25) is 4.79 Å². The van der Waals surface area contributed by atoms with Gasteiger partial charge in [0.15, 0.2) is 0 Å². The summed E-state index contributed by atoms with van der Waals surface area (Å²) in [6, 6.07) is 1.80. The monoisotopic (exact) mass is 317 g/mol. The minimum absolute atomic E-state index is 0.149. The number of aliphatic carboxylic acids is 1. The van der Waals surface area contributed by atoms with Crippen LogP contribution in [0.3, 0.4) is 0 Å². The summed E-state index contributed by atoms with van der Waals surface area (Å²) < 4.78 is 0. The van der Waals surface area contributed by atoms with E-state index in [1.165, 1.54) is 19.3 Å². The fraction of sp³-hybridized carbons (Fsp3) is 0.688. The van der Waals surface area contributed by atoms with Crippen LogP contribution in [0.1, 0.15) is 19.3 Å². The predicted molar refractivity (Wildman–Crippen MR) is 86.0 cm³/mol. The van der Waals surface area contributed by atoms with E-state index in [1.807, 2.05) is 0 Å². The number of nitrogens with zero attached hydrogens (tertiary/aromatic N) is 4. The number of nitrogen functional groups attached to an aromatic ring is 1. The number of fused-ring (bicyclic) bond motifs is 1. The topological polar surface area (TPSA) is 95.6 Å². The number of rotatable bonds is 4. The summed E-state index contributed by atoms with van der Waals surface area (Å²) in [5, 5.41) is 9.91. The maximum absolute atomic E-state index is 12.1. The van der Waals surface area contributed by atoms with Crippen LogP contribution >= 0.6 is 0 Å². The van der Waals surface area contributed by atoms with Gasteiger partial charge < -0.3 is 20.6 Å². The van der Waals surface area contributed by atoms with Crippen LogP contribution in [-0.2, 0) is 4.79 Å². The Morgan fingerprint density at radius 3 is 2.83 bits per heavy atom. The molecule has 1 saturated carbocycles. The lowest BCUT2D eigenvalue weighted by atomic mass is 9.81. The first-order chi connectivity index (χ1) is 11.1. The van der Waals surface area contributed by atoms with E-state index in [0.717, 1.165) is 31.4 Å². The lowest BCUT2D eigenvalue weighted by Crippen LogP contribution is -2.42. The second-order valence-electron chi connectivity index (χ2n) is 7.30. The Morgan fingerprint density at radius 1 is 1.39 bits per heavy atom. The smallest absolute Gasteiger partial charge is 0.313 e. The number of carbonyl (C=O) groups is 1. The van der Waals surface area contributed by atoms with Gasteiger partial charge in [-0.05, 0) is 24.8 Å². The molecule has 124 valence electrons. The van der Waals surface area contributed by atoms with Gasteiger partial charge in [-0.15, -0.1) is 0 Å². The second-order valence-corrected chi connectivity index (χ2v) is 7.30. The molecule has 7 nitrogen and oxygen atoms in total. The molecule has 0 unspecified atom stereocenters. The molecule has 7 heteroatoms. The van der Waals surface area contributed by atoms with Gasteiger partial charge in [0.2, 0.25) is 5.95 Å². The highest BCUT2D eigenvalue weighted by molar-refractivity contribution is 5.78. The van der Waals surface area contributed by atoms with Crippen molar-refractivity contribution in [3.05, 3.63) is 12.3 Å². The van der Waals surface area contributed by atoms with Crippen LogP contribution in [0.2, 0.25) is 0 Å². The molecule has 2 atom stereocenters. The Bertz CT molecular complexity index is 620. The Morgan fingerprint density at radius 2 is 2.22 bits per heavy atom. The van der Waals surface area contributed by atoms with Crippen molar-refractivity contribution in [2.45, 2.75) is 19.3 Å². The zero-order chi connectivity index (χ0) is 16.0. The van der Waals surface area contributed by atoms with Crippen molar-refractivity contribution < 1.29 is 9.90 Å². The number of hydrogen-bond acceptors (Lipinski definition) is 6. The normalized spacial score (nSPS) is 31.1. The summed E-state index contributed by atoms with van der Waals surface area (Å²) in [6.45, 7) is 3.82. The highest BCUT2D eigenvalue weighted by Gasteiger charge is 2.58. The molecular formula is C16H23N5O2. The Hall–Kier alpha value is -1.89. The van der Waals surface area contributed by atoms with Crippen LogP contribution in [-0.4, -0.2) is 58.7 Å². The summed E-state index contributed by atoms with van der Waals surface area (Å²) in [6.07, 6.45) is 5.55. The van der Waals surface area contributed by atoms with Gasteiger partial charge in [0, 0.05) is 44.8 Å². The van der Waals surface area contributed by atoms with E-state index in [0.29, 0.717) is 13.1 Å². The number of hydrogen-bond donors (Lipinski definition) is 2. The molecule has 0 aromatic carbocycles. The molecule has 1 aromatic heterocycles. The Kier molecular flexibility index (Phi) is 3.41. The number of carboxylic acids is 1. The second kappa shape index (κ2) is 5.33. The molecule has 1 aliphatic carbocycles. The minimum atomic E-state index is -0.678. The first kappa shape index (κ1) is 14.7. The van der Waals surface area contributed by atoms with E-state index < -0.39 is 11.4 Å². The van der Waals surface area contributed by atoms with Crippen molar-refractivity contribution in [2.24, 2.45) is 17.3 Å². The van der Waals surface area contributed by atoms with E-state index in [4.69, 9.17) is 5.73 Å². The molecule has 3 aliphatic rings. The van der Waals surface area contributed by atoms with Crippen LogP contribution in [0.5, 0.6) is 0 Å². The fourth-order valence-electron chi connectivity index (χ4n) is 4.37. The molecule has 0 spiro atoms. The van der Waals surface area contributed by atoms with Crippen molar-refractivity contribution >= 4 is 17.7 Å². The average molecular weight is 317 g/mol. The summed E-state index contributed by atoms with van der Waals surface area (Å²) in [4.78, 5) is 24.6. The van der Waals surface area contributed by atoms with Gasteiger partial charge in [0.05, 0.1) is 0 Å². The van der Waals surface area contributed by atoms with Gasteiger partial charge in [0.25, 0.3) is 0 Å². The molecular weight excluding hydrogens is 294 g/mol. The van der Waals surface area contributed by atoms with Crippen LogP contribution < -0.4 is 10.6 Å². The number of likely N-dealkylation sites (tertiary alicyclic amines) is 1. The van der Waals surface area contributed by atoms with Crippen molar-refractivity contribution in [2.75, 3.05) is 43.4 Å². The molecule has 2 aliphatic heterocycles. The lowest BCUT2D eigenvalue weighted by molar-refractivity contribution is -0.148. The standard InChI is InChI=1S/C16H23N5O2/c17-15-18-5-4-13(19-15)21-8-12-7-20(6-11-2-1-3-11)9-16(12,10-21)14(22)23/h4-5,11-12H,1-3,6-10H2,(H,22,23)(H2,17,18,19)/t12-,16-/m1/s1. The number of nitrogens with two attached hydrogens (primary N) is 1. The van der Waals surface area contributed by atoms with Crippen LogP contribution in [0.4, 0.5) is 11.8 Å². The number of anilines is 2. The quantitative estimate of drug-likeness (QED) is 0.843. The van der Waals surface area contributed by atoms with Gasteiger partial charge in [0.1, 0.15) is 11.2 Å². The number of aromatic nitrogens is 2. The van der Waals surface area contributed by atoms with E-state index in [1.54, 1.807) is 12.3 Å². The Balaban J connectivity index is 1.51. The van der Waals surface area contributed by atoms with Crippen LogP contribution in [0, 0.1) is 17.3 Å². The van der Waals surface area contributed by atoms with Gasteiger partial charge in [-0.1, -0.05) is 6.42 Å². The molecule has 1 aromatic rings. The van der Waals surface area contributed by atoms with Gasteiger partial charge in [-0.25, -0.2) is 4.98 Å². The van der Waals surface area contributed by atoms with Gasteiger partial charge in [-0.2, -0.15) is 4.98 Å². The van der Waals surface area contributed by atoms with Crippen molar-refractivity contribution in [3.8, 4) is 0 Å². The molecule has 0 amide bonds. The molecule has 0 radical (unpaired) electrons. The first-order valence-electron chi connectivity index (χ1n) is 8.36. The van der Waals surface area contributed by atoms with Crippen molar-refractivity contribution in [1.82, 2.24) is 14.9 Å². The number of carboxylic acid groups (broad SMARTS) is 1. The fourth-order valence-corrected chi connectivity index (χ4v) is 4.37. The maximum Gasteiger partial charge on any atom is 0.313 e. The summed E-state index contributed by atoms with van der Waals surface area (Å²) >= 11 is 0. The third-order valence-corrected chi connectivity index (χ3v) is 5.83. The average Bonchev–Trinajstić information content (AvgIpc) is 2.97. The van der Waals surface area contributed by atoms with E-state index in [2.05, 4.69) is 19.8 Å². The molecule has 0 bridgehead atoms. The highest BCUT2D eigenvalue weighted by Crippen LogP contribution is 2.44. The predicted octanol–water partition coefficient (Wildman–Crippen LogP) is 0.682. The molecule has 23 heavy (non-hydrogen) atoms. The highest BCUT2D eigenvalue weighted by atomic mass is 16.4. The SMILES string of the molecule is Nc1nccc(N2C[C@H]3CN(CC4CCC4)C[C@@]3(C(=O)O)C2)n1. The zero-order valence-electron chi connectivity index (χ0n) is 13.2. The molecule has 3 N–H and O–H groups in total. The molecule has 3 heterocycles. The summed E-state index contributed by atoms with van der Waals surface area (Å²) in [7, 11) is 0. The third kappa shape index (κ3) is 2.43. The van der Waals surface area contributed by atoms with Crippen LogP contribution in [0.25, 0.3) is 0 Å². The van der Waals surface area contributed by atoms with Crippen molar-refractivity contribution in [3.63, 3.8) is 0 Å². The minimum Gasteiger partial charge on any atom is -0.481 e. The molecule has 3 fully saturated rings. The van der Waals surface area contributed by atoms with E-state index in [9.17, 15) is 9.90 Å². The third-order valence-electron chi connectivity index (χ3n) is 5.83. The molecule has 4 rings (SSSR count). The Labute approximate surface area is 135 Å². The largest absolute Gasteiger partial charge is 0.481 e. The lowest BCUT2D eigenvalue weighted by Gasteiger charge is -2.32. The summed E-state index contributed by atoms with van der Waals surface area (Å²) in [5.41, 5.74) is 4.98. The van der Waals surface area contributed by atoms with E-state index in [-0.39, 0.29) is 11.9 Å². The zero-order valence-corrected chi connectivity index (χ0v) is 13.2. The molecule has 2 saturated heterocycles.